The minimum absolute atomic E-state index is 0.0568. The summed E-state index contributed by atoms with van der Waals surface area (Å²) >= 11 is 0. The molecule has 0 radical (unpaired) electrons. The van der Waals surface area contributed by atoms with Gasteiger partial charge in [0.2, 0.25) is 5.90 Å². The number of rotatable bonds is 12. The van der Waals surface area contributed by atoms with Crippen molar-refractivity contribution >= 4 is 11.8 Å². The molecule has 3 aromatic rings. The first-order valence-corrected chi connectivity index (χ1v) is 12.2. The van der Waals surface area contributed by atoms with Crippen LogP contribution in [0.5, 0.6) is 5.75 Å². The van der Waals surface area contributed by atoms with Crippen LogP contribution >= 0.6 is 0 Å². The van der Waals surface area contributed by atoms with Gasteiger partial charge in [-0.1, -0.05) is 59.7 Å². The van der Waals surface area contributed by atoms with Gasteiger partial charge in [0.1, 0.15) is 5.75 Å². The van der Waals surface area contributed by atoms with Crippen molar-refractivity contribution in [2.75, 3.05) is 20.3 Å². The van der Waals surface area contributed by atoms with E-state index >= 15 is 0 Å². The van der Waals surface area contributed by atoms with E-state index in [2.05, 4.69) is 15.5 Å². The van der Waals surface area contributed by atoms with E-state index in [1.165, 1.54) is 7.11 Å². The number of nitrogens with zero attached hydrogens (tertiary/aromatic N) is 4. The van der Waals surface area contributed by atoms with Gasteiger partial charge in [-0.15, -0.1) is 0 Å². The first kappa shape index (κ1) is 26.7. The molecule has 2 atom stereocenters. The highest BCUT2D eigenvalue weighted by atomic mass is 16.6. The summed E-state index contributed by atoms with van der Waals surface area (Å²) in [5.74, 6) is 0.488. The van der Waals surface area contributed by atoms with Gasteiger partial charge in [-0.25, -0.2) is 10.5 Å². The summed E-state index contributed by atoms with van der Waals surface area (Å²) in [6.07, 6.45) is -0.0545. The maximum absolute atomic E-state index is 13.7. The molecule has 1 heterocycles. The van der Waals surface area contributed by atoms with Gasteiger partial charge in [0, 0.05) is 29.9 Å². The van der Waals surface area contributed by atoms with Crippen LogP contribution in [0.25, 0.3) is 10.4 Å². The smallest absolute Gasteiger partial charge is 0.276 e. The predicted octanol–water partition coefficient (Wildman–Crippen LogP) is 4.44. The summed E-state index contributed by atoms with van der Waals surface area (Å²) in [7, 11) is 1.37. The van der Waals surface area contributed by atoms with Gasteiger partial charge in [-0.2, -0.15) is 0 Å². The number of hydrogen-bond acceptors (Lipinski definition) is 7. The summed E-state index contributed by atoms with van der Waals surface area (Å²) < 4.78 is 12.1. The van der Waals surface area contributed by atoms with E-state index in [4.69, 9.17) is 29.9 Å². The molecule has 0 spiro atoms. The molecule has 0 fully saturated rings. The third-order valence-electron chi connectivity index (χ3n) is 6.21. The molecule has 1 aliphatic heterocycles. The second-order valence-electron chi connectivity index (χ2n) is 8.67. The van der Waals surface area contributed by atoms with E-state index in [-0.39, 0.29) is 19.6 Å². The number of hydroxylamine groups is 1. The van der Waals surface area contributed by atoms with Gasteiger partial charge in [-0.3, -0.25) is 9.63 Å². The quantitative estimate of drug-likeness (QED) is 0.121. The summed E-state index contributed by atoms with van der Waals surface area (Å²) in [6.45, 7) is 0.597. The molecular weight excluding hydrogens is 486 g/mol. The van der Waals surface area contributed by atoms with Crippen molar-refractivity contribution < 1.29 is 24.2 Å². The molecule has 0 aromatic heterocycles. The first-order chi connectivity index (χ1) is 18.6. The van der Waals surface area contributed by atoms with Gasteiger partial charge in [0.05, 0.1) is 20.3 Å². The molecule has 4 rings (SSSR count). The number of aliphatic hydroxyl groups excluding tert-OH is 1. The molecule has 0 saturated carbocycles. The van der Waals surface area contributed by atoms with Crippen molar-refractivity contribution in [3.05, 3.63) is 112 Å². The fraction of sp³-hybridized carbons (Fsp3) is 0.286. The summed E-state index contributed by atoms with van der Waals surface area (Å²) in [6, 6.07) is 24.1. The molecule has 0 unspecified atom stereocenters. The van der Waals surface area contributed by atoms with E-state index in [0.717, 1.165) is 16.7 Å². The van der Waals surface area contributed by atoms with Crippen molar-refractivity contribution in [1.29, 1.82) is 0 Å². The Hall–Kier alpha value is -4.37. The number of ether oxygens (including phenoxy) is 2. The van der Waals surface area contributed by atoms with Gasteiger partial charge < -0.3 is 14.6 Å². The summed E-state index contributed by atoms with van der Waals surface area (Å²) in [4.78, 5) is 26.5. The number of amides is 1. The average Bonchev–Trinajstić information content (AvgIpc) is 3.34. The molecule has 1 aliphatic rings. The molecule has 0 aliphatic carbocycles. The number of azide groups is 1. The fourth-order valence-corrected chi connectivity index (χ4v) is 4.37. The zero-order chi connectivity index (χ0) is 26.8. The lowest BCUT2D eigenvalue weighted by molar-refractivity contribution is -0.139. The fourth-order valence-electron chi connectivity index (χ4n) is 4.37. The minimum Gasteiger partial charge on any atom is -0.494 e. The van der Waals surface area contributed by atoms with Crippen LogP contribution in [-0.4, -0.2) is 42.8 Å². The minimum atomic E-state index is -1.42. The molecule has 38 heavy (non-hydrogen) atoms. The van der Waals surface area contributed by atoms with Crippen molar-refractivity contribution in [2.45, 2.75) is 31.0 Å². The second-order valence-corrected chi connectivity index (χ2v) is 8.67. The summed E-state index contributed by atoms with van der Waals surface area (Å²) in [5, 5.41) is 12.7. The zero-order valence-electron chi connectivity index (χ0n) is 21.0. The Kier molecular flexibility index (Phi) is 8.94. The van der Waals surface area contributed by atoms with Gasteiger partial charge in [0.15, 0.2) is 11.6 Å². The first-order valence-electron chi connectivity index (χ1n) is 12.2. The van der Waals surface area contributed by atoms with Crippen molar-refractivity contribution in [3.8, 4) is 5.75 Å². The molecule has 196 valence electrons. The molecule has 1 amide bonds. The Morgan fingerprint density at radius 1 is 1.11 bits per heavy atom. The normalized spacial score (nSPS) is 18.2. The monoisotopic (exact) mass is 515 g/mol. The lowest BCUT2D eigenvalue weighted by atomic mass is 9.81. The van der Waals surface area contributed by atoms with E-state index < -0.39 is 17.6 Å². The Morgan fingerprint density at radius 3 is 2.50 bits per heavy atom. The predicted molar refractivity (Wildman–Crippen MR) is 141 cm³/mol. The third kappa shape index (κ3) is 5.95. The second kappa shape index (κ2) is 12.7. The molecule has 10 heteroatoms. The Labute approximate surface area is 220 Å². The van der Waals surface area contributed by atoms with Crippen molar-refractivity contribution in [1.82, 2.24) is 5.48 Å². The number of nitrogens with one attached hydrogen (secondary N) is 1. The largest absolute Gasteiger partial charge is 0.494 e. The highest BCUT2D eigenvalue weighted by molar-refractivity contribution is 6.01. The summed E-state index contributed by atoms with van der Waals surface area (Å²) in [5.41, 5.74) is 12.9. The maximum Gasteiger partial charge on any atom is 0.276 e. The highest BCUT2D eigenvalue weighted by Gasteiger charge is 2.53. The van der Waals surface area contributed by atoms with Crippen LogP contribution in [0.1, 0.15) is 34.8 Å². The number of aliphatic imine (C=N–C) groups is 1. The molecule has 0 bridgehead atoms. The Bertz CT molecular complexity index is 1310. The van der Waals surface area contributed by atoms with Crippen LogP contribution < -0.4 is 10.2 Å². The number of aliphatic hydroxyl groups is 1. The van der Waals surface area contributed by atoms with Crippen molar-refractivity contribution in [2.24, 2.45) is 10.1 Å². The van der Waals surface area contributed by atoms with Crippen LogP contribution in [0.3, 0.4) is 0 Å². The SMILES string of the molecule is CONC(=O)[C@@]1(Cc2ccccc2CN=[N+]=[N-])N=C(c2ccc(OCCCO)cc2)O[C@H]1c1ccccc1. The van der Waals surface area contributed by atoms with E-state index in [1.54, 1.807) is 12.1 Å². The number of benzene rings is 3. The van der Waals surface area contributed by atoms with Crippen LogP contribution in [0, 0.1) is 0 Å². The van der Waals surface area contributed by atoms with Crippen molar-refractivity contribution in [3.63, 3.8) is 0 Å². The van der Waals surface area contributed by atoms with E-state index in [1.807, 2.05) is 66.7 Å². The van der Waals surface area contributed by atoms with Gasteiger partial charge >= 0.3 is 0 Å². The van der Waals surface area contributed by atoms with Crippen LogP contribution in [0.15, 0.2) is 89.0 Å². The van der Waals surface area contributed by atoms with Crippen LogP contribution in [-0.2, 0) is 27.3 Å². The average molecular weight is 516 g/mol. The number of carbonyl (C=O) groups excluding carboxylic acids is 1. The zero-order valence-corrected chi connectivity index (χ0v) is 21.0. The molecular formula is C28H29N5O5. The molecule has 0 saturated heterocycles. The highest BCUT2D eigenvalue weighted by Crippen LogP contribution is 2.43. The van der Waals surface area contributed by atoms with Gasteiger partial charge in [0.25, 0.3) is 5.91 Å². The van der Waals surface area contributed by atoms with E-state index in [9.17, 15) is 4.79 Å². The molecule has 2 N–H and O–H groups in total. The maximum atomic E-state index is 13.7. The lowest BCUT2D eigenvalue weighted by Crippen LogP contribution is -2.49. The molecule has 10 nitrogen and oxygen atoms in total. The third-order valence-corrected chi connectivity index (χ3v) is 6.21. The van der Waals surface area contributed by atoms with Gasteiger partial charge in [-0.05, 0) is 46.5 Å². The number of hydrogen-bond donors (Lipinski definition) is 2. The number of carbonyl (C=O) groups is 1. The van der Waals surface area contributed by atoms with E-state index in [0.29, 0.717) is 30.2 Å². The Balaban J connectivity index is 1.78. The lowest BCUT2D eigenvalue weighted by Gasteiger charge is -2.30. The van der Waals surface area contributed by atoms with Crippen LogP contribution in [0.2, 0.25) is 0 Å². The topological polar surface area (TPSA) is 138 Å². The standard InChI is InChI=1S/C28H29N5O5/c1-36-32-27(35)28(18-22-10-5-6-11-23(22)19-30-33-29)25(20-8-3-2-4-9-20)38-26(31-28)21-12-14-24(15-13-21)37-17-7-16-34/h2-6,8-15,25,34H,7,16-19H2,1H3,(H,32,35)/t25-,28-/m0/s1. The Morgan fingerprint density at radius 2 is 1.82 bits per heavy atom. The molecule has 3 aromatic carbocycles. The van der Waals surface area contributed by atoms with Crippen LogP contribution in [0.4, 0.5) is 0 Å².